The zero-order valence-electron chi connectivity index (χ0n) is 3.56. The van der Waals surface area contributed by atoms with E-state index in [1.54, 1.807) is 0 Å². The van der Waals surface area contributed by atoms with Gasteiger partial charge in [-0.1, -0.05) is 6.92 Å². The van der Waals surface area contributed by atoms with Crippen LogP contribution in [0.4, 0.5) is 0 Å². The maximum Gasteiger partial charge on any atom is 0.114 e. The van der Waals surface area contributed by atoms with Crippen LogP contribution in [0.5, 0.6) is 0 Å². The molecule has 1 nitrogen and oxygen atoms in total. The molecule has 28 valence electrons. The molecule has 0 aliphatic heterocycles. The van der Waals surface area contributed by atoms with Crippen molar-refractivity contribution in [2.75, 3.05) is 0 Å². The first-order valence-corrected chi connectivity index (χ1v) is 1.72. The van der Waals surface area contributed by atoms with Crippen LogP contribution in [0.3, 0.4) is 0 Å². The Balaban J connectivity index is 2.83. The first kappa shape index (κ1) is 4.73. The van der Waals surface area contributed by atoms with Crippen molar-refractivity contribution >= 4 is 14.1 Å². The van der Waals surface area contributed by atoms with E-state index in [2.05, 4.69) is 0 Å². The van der Waals surface area contributed by atoms with Gasteiger partial charge in [-0.15, -0.1) is 0 Å². The fourth-order valence-corrected chi connectivity index (χ4v) is 0. The minimum atomic E-state index is 0.204. The van der Waals surface area contributed by atoms with Crippen molar-refractivity contribution in [2.24, 2.45) is 0 Å². The molecule has 0 saturated heterocycles. The Bertz CT molecular complexity index is 33.9. The zero-order chi connectivity index (χ0) is 4.28. The fraction of sp³-hybridized carbons (Fsp3) is 0.667. The molecule has 0 saturated carbocycles. The number of rotatable bonds is 1. The number of hydrogen-bond donors (Lipinski definition) is 0. The Kier molecular flexibility index (Phi) is 1.90. The largest absolute Gasteiger partial charge is 0.304 e. The summed E-state index contributed by atoms with van der Waals surface area (Å²) in [5.74, 6) is 0.204. The molecular weight excluding hydrogens is 62.8 g/mol. The van der Waals surface area contributed by atoms with Gasteiger partial charge in [0.2, 0.25) is 0 Å². The standard InChI is InChI=1S/C3H7BO/c1-3(4)2-5/h2-3H,4H2,1H3. The molecule has 0 aromatic rings. The van der Waals surface area contributed by atoms with Crippen LogP contribution in [0.1, 0.15) is 6.92 Å². The maximum atomic E-state index is 9.50. The van der Waals surface area contributed by atoms with Gasteiger partial charge in [0, 0.05) is 0 Å². The molecular formula is C3H7BO. The third-order valence-electron chi connectivity index (χ3n) is 0.272. The lowest BCUT2D eigenvalue weighted by atomic mass is 9.92. The van der Waals surface area contributed by atoms with E-state index in [0.717, 1.165) is 6.29 Å². The third-order valence-corrected chi connectivity index (χ3v) is 0.272. The average Bonchev–Trinajstić information content (AvgIpc) is 1.38. The summed E-state index contributed by atoms with van der Waals surface area (Å²) in [5.41, 5.74) is 0. The van der Waals surface area contributed by atoms with Gasteiger partial charge < -0.3 is 4.79 Å². The van der Waals surface area contributed by atoms with Gasteiger partial charge in [0.1, 0.15) is 14.1 Å². The van der Waals surface area contributed by atoms with Crippen LogP contribution in [-0.4, -0.2) is 14.1 Å². The number of aldehydes is 1. The van der Waals surface area contributed by atoms with Crippen molar-refractivity contribution in [1.29, 1.82) is 0 Å². The van der Waals surface area contributed by atoms with Crippen molar-refractivity contribution in [1.82, 2.24) is 0 Å². The molecule has 0 aromatic carbocycles. The van der Waals surface area contributed by atoms with Crippen LogP contribution >= 0.6 is 0 Å². The maximum absolute atomic E-state index is 9.50. The minimum Gasteiger partial charge on any atom is -0.304 e. The Morgan fingerprint density at radius 2 is 2.20 bits per heavy atom. The second-order valence-corrected chi connectivity index (χ2v) is 1.38. The predicted octanol–water partition coefficient (Wildman–Crippen LogP) is -0.373. The van der Waals surface area contributed by atoms with Crippen molar-refractivity contribution in [3.05, 3.63) is 0 Å². The Morgan fingerprint density at radius 1 is 2.00 bits per heavy atom. The second kappa shape index (κ2) is 2.00. The molecule has 0 fully saturated rings. The van der Waals surface area contributed by atoms with Gasteiger partial charge in [-0.3, -0.25) is 0 Å². The Hall–Kier alpha value is -0.265. The van der Waals surface area contributed by atoms with Gasteiger partial charge in [0.25, 0.3) is 0 Å². The summed E-state index contributed by atoms with van der Waals surface area (Å²) in [5, 5.41) is 0. The zero-order valence-corrected chi connectivity index (χ0v) is 3.56. The van der Waals surface area contributed by atoms with E-state index in [0.29, 0.717) is 0 Å². The van der Waals surface area contributed by atoms with Gasteiger partial charge in [0.05, 0.1) is 0 Å². The summed E-state index contributed by atoms with van der Waals surface area (Å²) in [7, 11) is 1.85. The van der Waals surface area contributed by atoms with Gasteiger partial charge in [-0.25, -0.2) is 0 Å². The van der Waals surface area contributed by atoms with Crippen molar-refractivity contribution in [3.63, 3.8) is 0 Å². The topological polar surface area (TPSA) is 17.1 Å². The number of carbonyl (C=O) groups excluding carboxylic acids is 1. The number of carbonyl (C=O) groups is 1. The molecule has 0 spiro atoms. The highest BCUT2D eigenvalue weighted by molar-refractivity contribution is 6.19. The van der Waals surface area contributed by atoms with E-state index in [9.17, 15) is 4.79 Å². The molecule has 0 radical (unpaired) electrons. The minimum absolute atomic E-state index is 0.204. The van der Waals surface area contributed by atoms with Gasteiger partial charge in [0.15, 0.2) is 0 Å². The van der Waals surface area contributed by atoms with Crippen molar-refractivity contribution in [2.45, 2.75) is 12.7 Å². The third kappa shape index (κ3) is 3.73. The van der Waals surface area contributed by atoms with Gasteiger partial charge in [-0.2, -0.15) is 0 Å². The molecule has 0 aromatic heterocycles. The summed E-state index contributed by atoms with van der Waals surface area (Å²) < 4.78 is 0. The summed E-state index contributed by atoms with van der Waals surface area (Å²) in [4.78, 5) is 9.50. The fourth-order valence-electron chi connectivity index (χ4n) is 0. The first-order chi connectivity index (χ1) is 2.27. The molecule has 0 aliphatic rings. The highest BCUT2D eigenvalue weighted by Gasteiger charge is 1.80. The predicted molar refractivity (Wildman–Crippen MR) is 24.0 cm³/mol. The van der Waals surface area contributed by atoms with Crippen LogP contribution in [0.25, 0.3) is 0 Å². The monoisotopic (exact) mass is 70.1 g/mol. The van der Waals surface area contributed by atoms with E-state index >= 15 is 0 Å². The van der Waals surface area contributed by atoms with Crippen LogP contribution < -0.4 is 0 Å². The number of hydrogen-bond acceptors (Lipinski definition) is 1. The summed E-state index contributed by atoms with van der Waals surface area (Å²) >= 11 is 0. The van der Waals surface area contributed by atoms with E-state index in [1.165, 1.54) is 0 Å². The van der Waals surface area contributed by atoms with Crippen LogP contribution in [-0.2, 0) is 4.79 Å². The molecule has 0 rings (SSSR count). The lowest BCUT2D eigenvalue weighted by Crippen LogP contribution is -1.81. The lowest BCUT2D eigenvalue weighted by Gasteiger charge is -1.78. The molecule has 2 heteroatoms. The van der Waals surface area contributed by atoms with E-state index < -0.39 is 0 Å². The van der Waals surface area contributed by atoms with Crippen molar-refractivity contribution in [3.8, 4) is 0 Å². The molecule has 0 aliphatic carbocycles. The Morgan fingerprint density at radius 3 is 2.20 bits per heavy atom. The van der Waals surface area contributed by atoms with E-state index in [1.807, 2.05) is 14.8 Å². The molecule has 1 unspecified atom stereocenters. The second-order valence-electron chi connectivity index (χ2n) is 1.38. The highest BCUT2D eigenvalue weighted by atomic mass is 16.1. The molecule has 5 heavy (non-hydrogen) atoms. The summed E-state index contributed by atoms with van der Waals surface area (Å²) in [6, 6.07) is 0. The first-order valence-electron chi connectivity index (χ1n) is 1.72. The quantitative estimate of drug-likeness (QED) is 0.303. The van der Waals surface area contributed by atoms with Crippen LogP contribution in [0, 0.1) is 0 Å². The smallest absolute Gasteiger partial charge is 0.114 e. The van der Waals surface area contributed by atoms with Crippen LogP contribution in [0.2, 0.25) is 5.82 Å². The van der Waals surface area contributed by atoms with E-state index in [4.69, 9.17) is 0 Å². The van der Waals surface area contributed by atoms with Crippen LogP contribution in [0.15, 0.2) is 0 Å². The molecule has 0 N–H and O–H groups in total. The van der Waals surface area contributed by atoms with Crippen molar-refractivity contribution < 1.29 is 4.79 Å². The summed E-state index contributed by atoms with van der Waals surface area (Å²) in [6.07, 6.45) is 0.917. The van der Waals surface area contributed by atoms with Gasteiger partial charge >= 0.3 is 0 Å². The van der Waals surface area contributed by atoms with Gasteiger partial charge in [-0.05, 0) is 5.82 Å². The molecule has 0 bridgehead atoms. The Labute approximate surface area is 32.8 Å². The lowest BCUT2D eigenvalue weighted by molar-refractivity contribution is -0.107. The summed E-state index contributed by atoms with van der Waals surface area (Å²) in [6.45, 7) is 1.85. The highest BCUT2D eigenvalue weighted by Crippen LogP contribution is 1.81. The molecule has 0 heterocycles. The SMILES string of the molecule is BC(C)C=O. The molecule has 1 atom stereocenters. The average molecular weight is 69.9 g/mol. The molecule has 0 amide bonds. The normalized spacial score (nSPS) is 13.8. The van der Waals surface area contributed by atoms with E-state index in [-0.39, 0.29) is 5.82 Å².